The van der Waals surface area contributed by atoms with Crippen molar-refractivity contribution in [3.8, 4) is 23.0 Å². The number of anilines is 2. The van der Waals surface area contributed by atoms with E-state index in [0.717, 1.165) is 6.07 Å². The van der Waals surface area contributed by atoms with Gasteiger partial charge in [-0.1, -0.05) is 0 Å². The Morgan fingerprint density at radius 1 is 0.909 bits per heavy atom. The van der Waals surface area contributed by atoms with Crippen LogP contribution in [0.25, 0.3) is 10.9 Å². The third kappa shape index (κ3) is 7.71. The summed E-state index contributed by atoms with van der Waals surface area (Å²) in [4.78, 5) is 40.8. The van der Waals surface area contributed by atoms with Crippen LogP contribution in [-0.4, -0.2) is 41.6 Å². The van der Waals surface area contributed by atoms with E-state index in [9.17, 15) is 18.8 Å². The fourth-order valence-electron chi connectivity index (χ4n) is 4.39. The van der Waals surface area contributed by atoms with E-state index in [4.69, 9.17) is 19.3 Å². The minimum Gasteiger partial charge on any atom is -1.00 e. The van der Waals surface area contributed by atoms with Crippen molar-refractivity contribution in [3.05, 3.63) is 78.5 Å². The molecule has 224 valence electrons. The Hall–Kier alpha value is -3.62. The minimum atomic E-state index is -1.30. The van der Waals surface area contributed by atoms with Gasteiger partial charge in [0, 0.05) is 41.5 Å². The van der Waals surface area contributed by atoms with Crippen molar-refractivity contribution in [1.82, 2.24) is 4.98 Å². The number of carboxylic acids is 1. The van der Waals surface area contributed by atoms with Crippen molar-refractivity contribution in [2.45, 2.75) is 25.7 Å². The molecule has 0 atom stereocenters. The number of carbonyl (C=O) groups excluding carboxylic acids is 2. The number of carboxylic acid groups (broad SMARTS) is 1. The zero-order valence-corrected chi connectivity index (χ0v) is 27.1. The molecule has 0 saturated heterocycles. The maximum Gasteiger partial charge on any atom is 1.00 e. The molecule has 1 heterocycles. The molecule has 1 aliphatic rings. The number of aromatic nitrogens is 1. The summed E-state index contributed by atoms with van der Waals surface area (Å²) >= 11 is 0. The van der Waals surface area contributed by atoms with Gasteiger partial charge in [0.05, 0.1) is 19.2 Å². The molecule has 5 rings (SSSR count). The number of fused-ring (bicyclic) bond motifs is 1. The summed E-state index contributed by atoms with van der Waals surface area (Å²) in [5.41, 5.74) is -0.321. The summed E-state index contributed by atoms with van der Waals surface area (Å²) in [5, 5.41) is 14.5. The van der Waals surface area contributed by atoms with Gasteiger partial charge in [-0.3, -0.25) is 19.4 Å². The van der Waals surface area contributed by atoms with E-state index in [2.05, 4.69) is 15.6 Å². The molecule has 0 bridgehead atoms. The molecule has 3 aromatic carbocycles. The molecule has 0 spiro atoms. The van der Waals surface area contributed by atoms with Gasteiger partial charge in [0.15, 0.2) is 23.1 Å². The van der Waals surface area contributed by atoms with Crippen LogP contribution in [0, 0.1) is 17.0 Å². The third-order valence-corrected chi connectivity index (χ3v) is 6.91. The standard InChI is InChI=1S/C31H27F2N3O7.K.H/c1-41-26-16-21-23(17-27(26)42-14-2-3-28(37)38)34-13-10-24(21)43-25-9-8-20(15-22(25)33)36-30(40)31(11-12-31)29(39)35-19-6-4-18(32)5-7-19;;/h4-10,13,15-17H,2-3,11-12,14H2,1H3,(H,35,39)(H,36,40)(H,37,38);;/q;+1;-1. The Balaban J connectivity index is 0.00000276. The molecular formula is C31H28F2KN3O7. The minimum absolute atomic E-state index is 0. The number of aliphatic carboxylic acids is 1. The first-order valence-corrected chi connectivity index (χ1v) is 13.4. The van der Waals surface area contributed by atoms with Crippen LogP contribution in [0.5, 0.6) is 23.0 Å². The van der Waals surface area contributed by atoms with Gasteiger partial charge in [-0.05, 0) is 67.8 Å². The maximum absolute atomic E-state index is 15.1. The number of benzene rings is 3. The van der Waals surface area contributed by atoms with Gasteiger partial charge >= 0.3 is 57.4 Å². The molecule has 0 aliphatic heterocycles. The Kier molecular flexibility index (Phi) is 10.9. The number of carbonyl (C=O) groups is 3. The van der Waals surface area contributed by atoms with E-state index in [1.54, 1.807) is 18.2 Å². The molecule has 2 amide bonds. The molecule has 13 heteroatoms. The fourth-order valence-corrected chi connectivity index (χ4v) is 4.39. The molecule has 1 fully saturated rings. The zero-order valence-electron chi connectivity index (χ0n) is 25.0. The average Bonchev–Trinajstić information content (AvgIpc) is 3.80. The molecule has 3 N–H and O–H groups in total. The summed E-state index contributed by atoms with van der Waals surface area (Å²) < 4.78 is 45.3. The van der Waals surface area contributed by atoms with Gasteiger partial charge in [0.25, 0.3) is 0 Å². The molecule has 1 aliphatic carbocycles. The number of nitrogens with zero attached hydrogens (tertiary/aromatic N) is 1. The number of nitrogens with one attached hydrogen (secondary N) is 2. The molecule has 0 radical (unpaired) electrons. The molecule has 1 aromatic heterocycles. The second kappa shape index (κ2) is 14.4. The third-order valence-electron chi connectivity index (χ3n) is 6.91. The number of pyridine rings is 1. The first-order valence-electron chi connectivity index (χ1n) is 13.4. The Bertz CT molecular complexity index is 1710. The number of methoxy groups -OCH3 is 1. The molecule has 0 unspecified atom stereocenters. The van der Waals surface area contributed by atoms with Gasteiger partial charge in [0.2, 0.25) is 11.8 Å². The van der Waals surface area contributed by atoms with Crippen LogP contribution >= 0.6 is 0 Å². The largest absolute Gasteiger partial charge is 1.00 e. The van der Waals surface area contributed by atoms with Gasteiger partial charge in [0.1, 0.15) is 17.0 Å². The smallest absolute Gasteiger partial charge is 1.00 e. The van der Waals surface area contributed by atoms with Crippen LogP contribution in [0.3, 0.4) is 0 Å². The molecular weight excluding hydrogens is 603 g/mol. The van der Waals surface area contributed by atoms with Crippen LogP contribution in [0.15, 0.2) is 66.9 Å². The Labute approximate surface area is 295 Å². The number of hydrogen-bond acceptors (Lipinski definition) is 7. The zero-order chi connectivity index (χ0) is 30.6. The van der Waals surface area contributed by atoms with Gasteiger partial charge in [-0.25, -0.2) is 8.78 Å². The van der Waals surface area contributed by atoms with Crippen LogP contribution in [0.1, 0.15) is 27.1 Å². The summed E-state index contributed by atoms with van der Waals surface area (Å²) in [5.74, 6) is -2.33. The number of hydrogen-bond donors (Lipinski definition) is 3. The molecule has 1 saturated carbocycles. The Morgan fingerprint density at radius 3 is 2.23 bits per heavy atom. The average molecular weight is 632 g/mol. The normalized spacial score (nSPS) is 12.9. The second-order valence-corrected chi connectivity index (χ2v) is 9.92. The number of halogens is 2. The van der Waals surface area contributed by atoms with Crippen molar-refractivity contribution in [3.63, 3.8) is 0 Å². The second-order valence-electron chi connectivity index (χ2n) is 9.92. The van der Waals surface area contributed by atoms with Gasteiger partial charge < -0.3 is 31.4 Å². The van der Waals surface area contributed by atoms with E-state index in [-0.39, 0.29) is 83.0 Å². The topological polar surface area (TPSA) is 136 Å². The SMILES string of the molecule is COc1cc2c(Oc3ccc(NC(=O)C4(C(=O)Nc5ccc(F)cc5)CC4)cc3F)ccnc2cc1OCCCC(=O)O.[H-].[K+]. The van der Waals surface area contributed by atoms with Crippen molar-refractivity contribution in [1.29, 1.82) is 0 Å². The van der Waals surface area contributed by atoms with E-state index in [0.29, 0.717) is 47.4 Å². The van der Waals surface area contributed by atoms with Gasteiger partial charge in [-0.2, -0.15) is 0 Å². The molecule has 44 heavy (non-hydrogen) atoms. The first-order chi connectivity index (χ1) is 20.7. The summed E-state index contributed by atoms with van der Waals surface area (Å²) in [7, 11) is 1.45. The quantitative estimate of drug-likeness (QED) is 0.123. The first kappa shape index (κ1) is 33.3. The number of amides is 2. The summed E-state index contributed by atoms with van der Waals surface area (Å²) in [6, 6.07) is 13.9. The van der Waals surface area contributed by atoms with Crippen LogP contribution < -0.4 is 76.2 Å². The maximum atomic E-state index is 15.1. The summed E-state index contributed by atoms with van der Waals surface area (Å²) in [6.07, 6.45) is 2.41. The van der Waals surface area contributed by atoms with Crippen molar-refractivity contribution in [2.24, 2.45) is 5.41 Å². The monoisotopic (exact) mass is 631 g/mol. The van der Waals surface area contributed by atoms with Crippen LogP contribution in [0.2, 0.25) is 0 Å². The number of rotatable bonds is 12. The Morgan fingerprint density at radius 2 is 1.59 bits per heavy atom. The van der Waals surface area contributed by atoms with E-state index in [1.165, 1.54) is 49.7 Å². The predicted molar refractivity (Wildman–Crippen MR) is 154 cm³/mol. The molecule has 10 nitrogen and oxygen atoms in total. The fraction of sp³-hybridized carbons (Fsp3) is 0.226. The van der Waals surface area contributed by atoms with Crippen LogP contribution in [0.4, 0.5) is 20.2 Å². The van der Waals surface area contributed by atoms with Crippen molar-refractivity contribution >= 4 is 40.1 Å². The van der Waals surface area contributed by atoms with Crippen LogP contribution in [-0.2, 0) is 14.4 Å². The molecule has 4 aromatic rings. The van der Waals surface area contributed by atoms with Crippen molar-refractivity contribution in [2.75, 3.05) is 24.4 Å². The summed E-state index contributed by atoms with van der Waals surface area (Å²) in [6.45, 7) is 0.165. The van der Waals surface area contributed by atoms with Crippen molar-refractivity contribution < 1.29 is 95.3 Å². The van der Waals surface area contributed by atoms with Gasteiger partial charge in [-0.15, -0.1) is 0 Å². The predicted octanol–water partition coefficient (Wildman–Crippen LogP) is 3.03. The van der Waals surface area contributed by atoms with E-state index < -0.39 is 34.8 Å². The number of ether oxygens (including phenoxy) is 3. The van der Waals surface area contributed by atoms with E-state index >= 15 is 4.39 Å². The van der Waals surface area contributed by atoms with E-state index in [1.807, 2.05) is 0 Å².